The molecule has 1 aliphatic heterocycles. The van der Waals surface area contributed by atoms with Crippen LogP contribution in [0.4, 0.5) is 0 Å². The van der Waals surface area contributed by atoms with Crippen LogP contribution in [-0.2, 0) is 33.4 Å². The molecule has 0 fully saturated rings. The van der Waals surface area contributed by atoms with E-state index in [4.69, 9.17) is 9.47 Å². The molecule has 0 bridgehead atoms. The number of ether oxygens (including phenoxy) is 2. The highest BCUT2D eigenvalue weighted by atomic mass is 16.5. The van der Waals surface area contributed by atoms with Crippen LogP contribution in [0.5, 0.6) is 0 Å². The fourth-order valence-electron chi connectivity index (χ4n) is 2.71. The van der Waals surface area contributed by atoms with E-state index in [2.05, 4.69) is 5.32 Å². The SMILES string of the molecule is C.CC(C=O)CCCCNC(=O)COCCOCCCC(=O)CCN1C(=O)C=CC1=O. The summed E-state index contributed by atoms with van der Waals surface area (Å²) in [4.78, 5) is 57.7. The molecule has 1 N–H and O–H groups in total. The Bertz CT molecular complexity index is 601. The van der Waals surface area contributed by atoms with E-state index < -0.39 is 0 Å². The van der Waals surface area contributed by atoms with Crippen LogP contribution in [0.15, 0.2) is 12.2 Å². The summed E-state index contributed by atoms with van der Waals surface area (Å²) >= 11 is 0. The predicted octanol–water partition coefficient (Wildman–Crippen LogP) is 1.44. The largest absolute Gasteiger partial charge is 0.379 e. The van der Waals surface area contributed by atoms with Crippen molar-refractivity contribution in [1.29, 1.82) is 0 Å². The lowest BCUT2D eigenvalue weighted by atomic mass is 10.1. The molecule has 1 heterocycles. The number of hydrogen-bond acceptors (Lipinski definition) is 7. The van der Waals surface area contributed by atoms with Gasteiger partial charge in [-0.25, -0.2) is 0 Å². The van der Waals surface area contributed by atoms with Crippen molar-refractivity contribution >= 4 is 29.8 Å². The van der Waals surface area contributed by atoms with Gasteiger partial charge in [0.15, 0.2) is 0 Å². The number of amides is 3. The van der Waals surface area contributed by atoms with Gasteiger partial charge in [-0.1, -0.05) is 20.8 Å². The van der Waals surface area contributed by atoms with Gasteiger partial charge >= 0.3 is 0 Å². The number of Topliss-reactive ketones (excluding diaryl/α,β-unsaturated/α-hetero) is 1. The summed E-state index contributed by atoms with van der Waals surface area (Å²) in [5.41, 5.74) is 0. The van der Waals surface area contributed by atoms with Gasteiger partial charge in [0.1, 0.15) is 18.7 Å². The summed E-state index contributed by atoms with van der Waals surface area (Å²) in [7, 11) is 0. The second-order valence-corrected chi connectivity index (χ2v) is 7.18. The number of ketones is 1. The van der Waals surface area contributed by atoms with Crippen LogP contribution < -0.4 is 5.32 Å². The summed E-state index contributed by atoms with van der Waals surface area (Å²) in [6.07, 6.45) is 6.89. The topological polar surface area (TPSA) is 119 Å². The molecule has 0 spiro atoms. The number of aldehydes is 1. The van der Waals surface area contributed by atoms with Gasteiger partial charge in [0.05, 0.1) is 13.2 Å². The third-order valence-electron chi connectivity index (χ3n) is 4.50. The Morgan fingerprint density at radius 3 is 2.39 bits per heavy atom. The average molecular weight is 441 g/mol. The van der Waals surface area contributed by atoms with Crippen molar-refractivity contribution in [1.82, 2.24) is 10.2 Å². The zero-order valence-corrected chi connectivity index (χ0v) is 17.6. The van der Waals surface area contributed by atoms with Crippen molar-refractivity contribution < 1.29 is 33.4 Å². The van der Waals surface area contributed by atoms with Crippen LogP contribution in [0.1, 0.15) is 52.9 Å². The Morgan fingerprint density at radius 1 is 1.03 bits per heavy atom. The highest BCUT2D eigenvalue weighted by Gasteiger charge is 2.23. The zero-order chi connectivity index (χ0) is 22.2. The lowest BCUT2D eigenvalue weighted by Gasteiger charge is -2.12. The summed E-state index contributed by atoms with van der Waals surface area (Å²) in [6, 6.07) is 0. The van der Waals surface area contributed by atoms with Crippen LogP contribution >= 0.6 is 0 Å². The predicted molar refractivity (Wildman–Crippen MR) is 115 cm³/mol. The van der Waals surface area contributed by atoms with Gasteiger partial charge in [-0.2, -0.15) is 0 Å². The van der Waals surface area contributed by atoms with Gasteiger partial charge in [-0.15, -0.1) is 0 Å². The first-order valence-electron chi connectivity index (χ1n) is 10.4. The maximum atomic E-state index is 11.8. The van der Waals surface area contributed by atoms with Gasteiger partial charge in [0.25, 0.3) is 11.8 Å². The van der Waals surface area contributed by atoms with Crippen molar-refractivity contribution in [2.24, 2.45) is 5.92 Å². The first kappa shape index (κ1) is 28.6. The molecule has 9 nitrogen and oxygen atoms in total. The van der Waals surface area contributed by atoms with Crippen molar-refractivity contribution in [2.45, 2.75) is 52.9 Å². The van der Waals surface area contributed by atoms with E-state index in [-0.39, 0.29) is 63.0 Å². The molecule has 0 aromatic carbocycles. The molecule has 1 rings (SSSR count). The van der Waals surface area contributed by atoms with Crippen LogP contribution in [0.2, 0.25) is 0 Å². The maximum Gasteiger partial charge on any atom is 0.253 e. The van der Waals surface area contributed by atoms with Crippen LogP contribution in [0.3, 0.4) is 0 Å². The smallest absolute Gasteiger partial charge is 0.253 e. The molecule has 0 radical (unpaired) electrons. The zero-order valence-electron chi connectivity index (χ0n) is 17.6. The van der Waals surface area contributed by atoms with E-state index in [1.54, 1.807) is 0 Å². The Labute approximate surface area is 184 Å². The number of nitrogens with one attached hydrogen (secondary N) is 1. The van der Waals surface area contributed by atoms with E-state index >= 15 is 0 Å². The molecule has 0 saturated carbocycles. The van der Waals surface area contributed by atoms with Crippen molar-refractivity contribution in [3.05, 3.63) is 12.2 Å². The highest BCUT2D eigenvalue weighted by Crippen LogP contribution is 2.06. The van der Waals surface area contributed by atoms with Crippen LogP contribution in [0.25, 0.3) is 0 Å². The Hall–Kier alpha value is -2.39. The molecule has 176 valence electrons. The molecule has 0 aromatic heterocycles. The quantitative estimate of drug-likeness (QED) is 0.195. The Morgan fingerprint density at radius 2 is 1.71 bits per heavy atom. The van der Waals surface area contributed by atoms with E-state index in [1.165, 1.54) is 12.2 Å². The van der Waals surface area contributed by atoms with Gasteiger partial charge in [-0.05, 0) is 19.3 Å². The van der Waals surface area contributed by atoms with Gasteiger partial charge in [0.2, 0.25) is 5.91 Å². The number of carbonyl (C=O) groups excluding carboxylic acids is 5. The molecule has 1 aliphatic rings. The molecule has 0 saturated heterocycles. The van der Waals surface area contributed by atoms with E-state index in [0.717, 1.165) is 30.4 Å². The first-order valence-corrected chi connectivity index (χ1v) is 10.4. The van der Waals surface area contributed by atoms with E-state index in [0.29, 0.717) is 32.6 Å². The third-order valence-corrected chi connectivity index (χ3v) is 4.50. The molecule has 31 heavy (non-hydrogen) atoms. The lowest BCUT2D eigenvalue weighted by Crippen LogP contribution is -2.32. The van der Waals surface area contributed by atoms with E-state index in [1.807, 2.05) is 6.92 Å². The van der Waals surface area contributed by atoms with Gasteiger partial charge in [-0.3, -0.25) is 24.1 Å². The minimum atomic E-state index is -0.381. The summed E-state index contributed by atoms with van der Waals surface area (Å²) in [6.45, 7) is 3.52. The molecule has 0 aromatic rings. The molecule has 9 heteroatoms. The molecule has 1 atom stereocenters. The molecular weight excluding hydrogens is 404 g/mol. The van der Waals surface area contributed by atoms with Crippen molar-refractivity contribution in [3.8, 4) is 0 Å². The first-order chi connectivity index (χ1) is 14.4. The minimum Gasteiger partial charge on any atom is -0.379 e. The Kier molecular flexibility index (Phi) is 16.0. The van der Waals surface area contributed by atoms with Crippen LogP contribution in [-0.4, -0.2) is 74.2 Å². The summed E-state index contributed by atoms with van der Waals surface area (Å²) < 4.78 is 10.6. The number of unbranched alkanes of at least 4 members (excludes halogenated alkanes) is 1. The highest BCUT2D eigenvalue weighted by molar-refractivity contribution is 6.13. The number of carbonyl (C=O) groups is 5. The third kappa shape index (κ3) is 13.5. The van der Waals surface area contributed by atoms with Crippen molar-refractivity contribution in [2.75, 3.05) is 39.5 Å². The number of imide groups is 1. The van der Waals surface area contributed by atoms with Crippen molar-refractivity contribution in [3.63, 3.8) is 0 Å². The number of nitrogens with zero attached hydrogens (tertiary/aromatic N) is 1. The number of hydrogen-bond donors (Lipinski definition) is 1. The number of rotatable bonds is 18. The standard InChI is InChI=1S/C21H32N2O7.CH4/c1-17(15-24)5-2-3-10-22-19(26)16-30-14-13-29-12-4-6-18(25)9-11-23-20(27)7-8-21(23)28;/h7-8,15,17H,2-6,9-14,16H2,1H3,(H,22,26);1H4. The second-order valence-electron chi connectivity index (χ2n) is 7.18. The second kappa shape index (κ2) is 17.3. The minimum absolute atomic E-state index is 0. The lowest BCUT2D eigenvalue weighted by molar-refractivity contribution is -0.137. The molecule has 1 unspecified atom stereocenters. The Balaban J connectivity index is 0.00000900. The summed E-state index contributed by atoms with van der Waals surface area (Å²) in [5.74, 6) is -0.914. The molecular formula is C22H36N2O7. The maximum absolute atomic E-state index is 11.8. The van der Waals surface area contributed by atoms with E-state index in [9.17, 15) is 24.0 Å². The average Bonchev–Trinajstić information content (AvgIpc) is 3.05. The molecule has 3 amide bonds. The molecule has 0 aliphatic carbocycles. The fraction of sp³-hybridized carbons (Fsp3) is 0.682. The van der Waals surface area contributed by atoms with Crippen LogP contribution in [0, 0.1) is 5.92 Å². The summed E-state index contributed by atoms with van der Waals surface area (Å²) in [5, 5.41) is 2.76. The monoisotopic (exact) mass is 440 g/mol. The van der Waals surface area contributed by atoms with Gasteiger partial charge in [0, 0.05) is 50.6 Å². The normalized spacial score (nSPS) is 13.8. The fourth-order valence-corrected chi connectivity index (χ4v) is 2.71. The van der Waals surface area contributed by atoms with Gasteiger partial charge < -0.3 is 19.6 Å².